The summed E-state index contributed by atoms with van der Waals surface area (Å²) in [6.45, 7) is 0. The highest BCUT2D eigenvalue weighted by Gasteiger charge is 2.12. The van der Waals surface area contributed by atoms with Gasteiger partial charge in [-0.05, 0) is 29.9 Å². The van der Waals surface area contributed by atoms with Crippen molar-refractivity contribution in [3.63, 3.8) is 0 Å². The van der Waals surface area contributed by atoms with Crippen molar-refractivity contribution in [2.75, 3.05) is 14.2 Å². The number of hydrogen-bond donors (Lipinski definition) is 1. The summed E-state index contributed by atoms with van der Waals surface area (Å²) in [5.41, 5.74) is 1.66. The van der Waals surface area contributed by atoms with Gasteiger partial charge in [-0.2, -0.15) is 5.10 Å². The number of thioether (sulfide) groups is 1. The van der Waals surface area contributed by atoms with Crippen LogP contribution in [-0.4, -0.2) is 29.0 Å². The van der Waals surface area contributed by atoms with E-state index in [1.807, 2.05) is 16.7 Å². The van der Waals surface area contributed by atoms with Crippen molar-refractivity contribution in [1.29, 1.82) is 0 Å². The largest absolute Gasteiger partial charge is 0.497 e. The van der Waals surface area contributed by atoms with Gasteiger partial charge in [-0.15, -0.1) is 11.8 Å². The van der Waals surface area contributed by atoms with Crippen LogP contribution in [0.25, 0.3) is 5.69 Å². The molecule has 0 amide bonds. The predicted molar refractivity (Wildman–Crippen MR) is 108 cm³/mol. The molecular formula is C18H17ClFN3O2S2. The topological polar surface area (TPSA) is 52.1 Å². The Kier molecular flexibility index (Phi) is 6.41. The van der Waals surface area contributed by atoms with Crippen molar-refractivity contribution in [3.05, 3.63) is 63.4 Å². The molecule has 0 saturated heterocycles. The van der Waals surface area contributed by atoms with Crippen LogP contribution in [0.15, 0.2) is 36.4 Å². The lowest BCUT2D eigenvalue weighted by Crippen LogP contribution is -2.02. The number of ether oxygens (including phenoxy) is 2. The molecule has 0 saturated carbocycles. The Morgan fingerprint density at radius 2 is 1.85 bits per heavy atom. The third-order valence-electron chi connectivity index (χ3n) is 3.84. The standard InChI is InChI=1S/C18H17ClFN3O2S2/c1-24-14-6-13(7-15(8-14)25-2)23-17(21-22-18(23)26)10-27-9-11-3-4-12(20)5-16(11)19/h3-8H,9-10H2,1-2H3,(H,22,26). The van der Waals surface area contributed by atoms with Crippen molar-refractivity contribution in [1.82, 2.24) is 14.8 Å². The zero-order valence-corrected chi connectivity index (χ0v) is 17.1. The second-order valence-corrected chi connectivity index (χ2v) is 7.36. The molecule has 142 valence electrons. The Hall–Kier alpha value is -2.03. The van der Waals surface area contributed by atoms with Crippen molar-refractivity contribution >= 4 is 35.6 Å². The highest BCUT2D eigenvalue weighted by Crippen LogP contribution is 2.28. The van der Waals surface area contributed by atoms with E-state index in [0.29, 0.717) is 32.8 Å². The third-order valence-corrected chi connectivity index (χ3v) is 5.44. The summed E-state index contributed by atoms with van der Waals surface area (Å²) >= 11 is 13.1. The van der Waals surface area contributed by atoms with E-state index in [9.17, 15) is 4.39 Å². The molecule has 0 bridgehead atoms. The van der Waals surface area contributed by atoms with Gasteiger partial charge in [0.15, 0.2) is 4.77 Å². The summed E-state index contributed by atoms with van der Waals surface area (Å²) in [7, 11) is 3.19. The molecule has 1 aromatic heterocycles. The number of halogens is 2. The normalized spacial score (nSPS) is 10.8. The molecule has 3 rings (SSSR count). The SMILES string of the molecule is COc1cc(OC)cc(-n2c(CSCc3ccc(F)cc3Cl)n[nH]c2=S)c1. The maximum absolute atomic E-state index is 13.2. The quantitative estimate of drug-likeness (QED) is 0.529. The van der Waals surface area contributed by atoms with Gasteiger partial charge in [-0.25, -0.2) is 4.39 Å². The number of benzene rings is 2. The molecule has 27 heavy (non-hydrogen) atoms. The minimum atomic E-state index is -0.346. The number of aromatic nitrogens is 3. The van der Waals surface area contributed by atoms with Crippen molar-refractivity contribution in [3.8, 4) is 17.2 Å². The maximum atomic E-state index is 13.2. The van der Waals surface area contributed by atoms with E-state index in [4.69, 9.17) is 33.3 Å². The number of nitrogens with zero attached hydrogens (tertiary/aromatic N) is 2. The van der Waals surface area contributed by atoms with Gasteiger partial charge in [0.1, 0.15) is 23.1 Å². The first-order chi connectivity index (χ1) is 13.0. The predicted octanol–water partition coefficient (Wildman–Crippen LogP) is 5.17. The molecule has 1 N–H and O–H groups in total. The molecule has 0 atom stereocenters. The highest BCUT2D eigenvalue weighted by molar-refractivity contribution is 7.97. The van der Waals surface area contributed by atoms with Gasteiger partial charge >= 0.3 is 0 Å². The molecule has 9 heteroatoms. The summed E-state index contributed by atoms with van der Waals surface area (Å²) in [5, 5.41) is 7.56. The monoisotopic (exact) mass is 425 g/mol. The molecular weight excluding hydrogens is 409 g/mol. The van der Waals surface area contributed by atoms with Gasteiger partial charge in [0.05, 0.1) is 25.7 Å². The lowest BCUT2D eigenvalue weighted by molar-refractivity contribution is 0.394. The fourth-order valence-corrected chi connectivity index (χ4v) is 4.02. The van der Waals surface area contributed by atoms with Crippen LogP contribution in [-0.2, 0) is 11.5 Å². The van der Waals surface area contributed by atoms with Crippen LogP contribution in [0.3, 0.4) is 0 Å². The van der Waals surface area contributed by atoms with Crippen LogP contribution in [0.2, 0.25) is 5.02 Å². The van der Waals surface area contributed by atoms with Gasteiger partial charge < -0.3 is 9.47 Å². The van der Waals surface area contributed by atoms with Crippen LogP contribution in [0.1, 0.15) is 11.4 Å². The number of aromatic amines is 1. The van der Waals surface area contributed by atoms with E-state index in [0.717, 1.165) is 17.1 Å². The Morgan fingerprint density at radius 3 is 2.48 bits per heavy atom. The maximum Gasteiger partial charge on any atom is 0.199 e. The minimum Gasteiger partial charge on any atom is -0.497 e. The third kappa shape index (κ3) is 4.63. The summed E-state index contributed by atoms with van der Waals surface area (Å²) < 4.78 is 26.1. The molecule has 2 aromatic carbocycles. The van der Waals surface area contributed by atoms with E-state index in [-0.39, 0.29) is 5.82 Å². The number of methoxy groups -OCH3 is 2. The second kappa shape index (κ2) is 8.77. The van der Waals surface area contributed by atoms with E-state index >= 15 is 0 Å². The number of nitrogens with one attached hydrogen (secondary N) is 1. The molecule has 0 aliphatic heterocycles. The van der Waals surface area contributed by atoms with Gasteiger partial charge in [0.2, 0.25) is 0 Å². The molecule has 3 aromatic rings. The molecule has 0 unspecified atom stereocenters. The summed E-state index contributed by atoms with van der Waals surface area (Å²) in [5.74, 6) is 2.93. The number of rotatable bonds is 7. The van der Waals surface area contributed by atoms with Gasteiger partial charge in [0, 0.05) is 29.0 Å². The first-order valence-electron chi connectivity index (χ1n) is 7.93. The fourth-order valence-electron chi connectivity index (χ4n) is 2.51. The molecule has 0 fully saturated rings. The fraction of sp³-hybridized carbons (Fsp3) is 0.222. The minimum absolute atomic E-state index is 0.346. The Balaban J connectivity index is 1.82. The smallest absolute Gasteiger partial charge is 0.199 e. The zero-order valence-electron chi connectivity index (χ0n) is 14.7. The van der Waals surface area contributed by atoms with Crippen LogP contribution in [0.5, 0.6) is 11.5 Å². The Morgan fingerprint density at radius 1 is 1.15 bits per heavy atom. The Labute approximate surface area is 170 Å². The average molecular weight is 426 g/mol. The second-order valence-electron chi connectivity index (χ2n) is 5.58. The highest BCUT2D eigenvalue weighted by atomic mass is 35.5. The van der Waals surface area contributed by atoms with Gasteiger partial charge in [0.25, 0.3) is 0 Å². The van der Waals surface area contributed by atoms with Crippen molar-refractivity contribution in [2.45, 2.75) is 11.5 Å². The van der Waals surface area contributed by atoms with E-state index < -0.39 is 0 Å². The average Bonchev–Trinajstić information content (AvgIpc) is 3.03. The Bertz CT molecular complexity index is 984. The van der Waals surface area contributed by atoms with Gasteiger partial charge in [-0.1, -0.05) is 17.7 Å². The van der Waals surface area contributed by atoms with E-state index in [1.54, 1.807) is 38.1 Å². The van der Waals surface area contributed by atoms with E-state index in [1.165, 1.54) is 12.1 Å². The van der Waals surface area contributed by atoms with Crippen LogP contribution in [0, 0.1) is 10.6 Å². The van der Waals surface area contributed by atoms with Crippen LogP contribution >= 0.6 is 35.6 Å². The molecule has 0 radical (unpaired) electrons. The molecule has 0 aliphatic carbocycles. The molecule has 0 aliphatic rings. The summed E-state index contributed by atoms with van der Waals surface area (Å²) in [4.78, 5) is 0. The van der Waals surface area contributed by atoms with Gasteiger partial charge in [-0.3, -0.25) is 9.67 Å². The first kappa shape index (κ1) is 19.7. The summed E-state index contributed by atoms with van der Waals surface area (Å²) in [6, 6.07) is 9.92. The lowest BCUT2D eigenvalue weighted by Gasteiger charge is -2.11. The van der Waals surface area contributed by atoms with Crippen molar-refractivity contribution < 1.29 is 13.9 Å². The van der Waals surface area contributed by atoms with Crippen molar-refractivity contribution in [2.24, 2.45) is 0 Å². The first-order valence-corrected chi connectivity index (χ1v) is 9.87. The number of H-pyrrole nitrogens is 1. The number of hydrogen-bond acceptors (Lipinski definition) is 5. The van der Waals surface area contributed by atoms with Crippen LogP contribution < -0.4 is 9.47 Å². The molecule has 0 spiro atoms. The molecule has 1 heterocycles. The molecule has 5 nitrogen and oxygen atoms in total. The zero-order chi connectivity index (χ0) is 19.4. The van der Waals surface area contributed by atoms with Crippen LogP contribution in [0.4, 0.5) is 4.39 Å². The lowest BCUT2D eigenvalue weighted by atomic mass is 10.2. The summed E-state index contributed by atoms with van der Waals surface area (Å²) in [6.07, 6.45) is 0. The van der Waals surface area contributed by atoms with E-state index in [2.05, 4.69) is 10.2 Å².